The summed E-state index contributed by atoms with van der Waals surface area (Å²) in [6.45, 7) is -0.300. The maximum Gasteiger partial charge on any atom is 0.310 e. The number of anilines is 1. The van der Waals surface area contributed by atoms with Crippen molar-refractivity contribution in [3.63, 3.8) is 0 Å². The highest BCUT2D eigenvalue weighted by atomic mass is 16.5. The molecular formula is C22H19NO3. The molecule has 0 atom stereocenters. The molecule has 0 saturated carbocycles. The van der Waals surface area contributed by atoms with Gasteiger partial charge in [-0.2, -0.15) is 0 Å². The van der Waals surface area contributed by atoms with Crippen LogP contribution in [0.1, 0.15) is 5.56 Å². The first-order chi connectivity index (χ1) is 12.7. The van der Waals surface area contributed by atoms with E-state index >= 15 is 0 Å². The average molecular weight is 345 g/mol. The third kappa shape index (κ3) is 5.05. The second-order valence-corrected chi connectivity index (χ2v) is 5.81. The first kappa shape index (κ1) is 17.4. The van der Waals surface area contributed by atoms with Crippen molar-refractivity contribution in [2.75, 3.05) is 11.9 Å². The lowest BCUT2D eigenvalue weighted by Crippen LogP contribution is -2.21. The molecule has 0 unspecified atom stereocenters. The summed E-state index contributed by atoms with van der Waals surface area (Å²) in [5.41, 5.74) is 3.70. The number of hydrogen-bond acceptors (Lipinski definition) is 3. The Bertz CT molecular complexity index is 859. The van der Waals surface area contributed by atoms with Crippen LogP contribution in [0.2, 0.25) is 0 Å². The summed E-state index contributed by atoms with van der Waals surface area (Å²) < 4.78 is 5.02. The number of benzene rings is 3. The van der Waals surface area contributed by atoms with Gasteiger partial charge >= 0.3 is 5.97 Å². The Hall–Kier alpha value is -3.40. The third-order valence-electron chi connectivity index (χ3n) is 3.83. The van der Waals surface area contributed by atoms with Crippen LogP contribution in [-0.4, -0.2) is 18.5 Å². The Kier molecular flexibility index (Phi) is 5.78. The Balaban J connectivity index is 1.48. The Morgan fingerprint density at radius 2 is 1.31 bits per heavy atom. The van der Waals surface area contributed by atoms with Gasteiger partial charge in [0, 0.05) is 5.69 Å². The smallest absolute Gasteiger partial charge is 0.310 e. The molecule has 4 nitrogen and oxygen atoms in total. The van der Waals surface area contributed by atoms with E-state index in [0.717, 1.165) is 16.7 Å². The minimum atomic E-state index is -0.425. The molecule has 0 radical (unpaired) electrons. The van der Waals surface area contributed by atoms with E-state index in [1.165, 1.54) is 0 Å². The molecule has 3 aromatic rings. The van der Waals surface area contributed by atoms with E-state index in [1.54, 1.807) is 0 Å². The molecule has 4 heteroatoms. The zero-order valence-corrected chi connectivity index (χ0v) is 14.2. The minimum Gasteiger partial charge on any atom is -0.455 e. The van der Waals surface area contributed by atoms with Crippen molar-refractivity contribution in [1.82, 2.24) is 0 Å². The summed E-state index contributed by atoms with van der Waals surface area (Å²) in [6, 6.07) is 26.8. The van der Waals surface area contributed by atoms with Crippen molar-refractivity contribution in [3.05, 3.63) is 90.5 Å². The summed E-state index contributed by atoms with van der Waals surface area (Å²) in [4.78, 5) is 23.7. The topological polar surface area (TPSA) is 55.4 Å². The van der Waals surface area contributed by atoms with Crippen LogP contribution in [0.15, 0.2) is 84.9 Å². The monoisotopic (exact) mass is 345 g/mol. The maximum atomic E-state index is 11.9. The Morgan fingerprint density at radius 3 is 1.96 bits per heavy atom. The van der Waals surface area contributed by atoms with Gasteiger partial charge in [0.1, 0.15) is 0 Å². The fraction of sp³-hybridized carbons (Fsp3) is 0.0909. The van der Waals surface area contributed by atoms with Crippen LogP contribution in [0.5, 0.6) is 0 Å². The molecule has 0 aromatic heterocycles. The highest BCUT2D eigenvalue weighted by Gasteiger charge is 2.09. The van der Waals surface area contributed by atoms with Crippen LogP contribution in [0.25, 0.3) is 11.1 Å². The molecule has 0 aliphatic carbocycles. The molecular weight excluding hydrogens is 326 g/mol. The zero-order chi connectivity index (χ0) is 18.2. The molecule has 26 heavy (non-hydrogen) atoms. The number of ether oxygens (including phenoxy) is 1. The van der Waals surface area contributed by atoms with Crippen LogP contribution in [-0.2, 0) is 20.7 Å². The van der Waals surface area contributed by atoms with Crippen molar-refractivity contribution in [2.24, 2.45) is 0 Å². The number of carbonyl (C=O) groups is 2. The number of esters is 1. The predicted molar refractivity (Wildman–Crippen MR) is 102 cm³/mol. The molecule has 1 amide bonds. The molecule has 0 fully saturated rings. The van der Waals surface area contributed by atoms with Crippen LogP contribution in [0.4, 0.5) is 5.69 Å². The van der Waals surface area contributed by atoms with E-state index in [2.05, 4.69) is 5.32 Å². The van der Waals surface area contributed by atoms with Gasteiger partial charge in [0.25, 0.3) is 5.91 Å². The quantitative estimate of drug-likeness (QED) is 0.685. The van der Waals surface area contributed by atoms with Gasteiger partial charge in [0.05, 0.1) is 6.42 Å². The van der Waals surface area contributed by atoms with Gasteiger partial charge in [-0.1, -0.05) is 72.8 Å². The van der Waals surface area contributed by atoms with Gasteiger partial charge in [-0.3, -0.25) is 9.59 Å². The maximum absolute atomic E-state index is 11.9. The molecule has 3 rings (SSSR count). The van der Waals surface area contributed by atoms with Crippen LogP contribution in [0.3, 0.4) is 0 Å². The van der Waals surface area contributed by atoms with E-state index in [-0.39, 0.29) is 18.9 Å². The van der Waals surface area contributed by atoms with Crippen molar-refractivity contribution in [2.45, 2.75) is 6.42 Å². The van der Waals surface area contributed by atoms with Gasteiger partial charge in [-0.15, -0.1) is 0 Å². The van der Waals surface area contributed by atoms with E-state index in [4.69, 9.17) is 4.74 Å². The lowest BCUT2D eigenvalue weighted by atomic mass is 10.1. The van der Waals surface area contributed by atoms with E-state index < -0.39 is 5.97 Å². The van der Waals surface area contributed by atoms with Crippen LogP contribution < -0.4 is 5.32 Å². The molecule has 3 aromatic carbocycles. The van der Waals surface area contributed by atoms with E-state index in [9.17, 15) is 9.59 Å². The Morgan fingerprint density at radius 1 is 0.731 bits per heavy atom. The molecule has 1 N–H and O–H groups in total. The first-order valence-corrected chi connectivity index (χ1v) is 8.35. The fourth-order valence-electron chi connectivity index (χ4n) is 2.53. The summed E-state index contributed by atoms with van der Waals surface area (Å²) in [7, 11) is 0. The number of rotatable bonds is 6. The highest BCUT2D eigenvalue weighted by Crippen LogP contribution is 2.20. The summed E-state index contributed by atoms with van der Waals surface area (Å²) in [5, 5.41) is 2.72. The van der Waals surface area contributed by atoms with Crippen LogP contribution in [0, 0.1) is 0 Å². The van der Waals surface area contributed by atoms with Gasteiger partial charge in [-0.25, -0.2) is 0 Å². The molecule has 0 spiro atoms. The lowest BCUT2D eigenvalue weighted by molar-refractivity contribution is -0.146. The predicted octanol–water partition coefficient (Wildman–Crippen LogP) is 4.08. The molecule has 0 aliphatic rings. The third-order valence-corrected chi connectivity index (χ3v) is 3.83. The first-order valence-electron chi connectivity index (χ1n) is 8.35. The van der Waals surface area contributed by atoms with Gasteiger partial charge < -0.3 is 10.1 Å². The fourth-order valence-corrected chi connectivity index (χ4v) is 2.53. The number of carbonyl (C=O) groups excluding carboxylic acids is 2. The molecule has 0 bridgehead atoms. The Labute approximate surface area is 152 Å². The summed E-state index contributed by atoms with van der Waals surface area (Å²) in [6.07, 6.45) is 0.153. The van der Waals surface area contributed by atoms with Crippen LogP contribution >= 0.6 is 0 Å². The standard InChI is InChI=1S/C22H19NO3/c24-21(16-26-22(25)15-17-7-3-1-4-8-17)23-20-13-11-19(12-14-20)18-9-5-2-6-10-18/h1-14H,15-16H2,(H,23,24). The lowest BCUT2D eigenvalue weighted by Gasteiger charge is -2.08. The second-order valence-electron chi connectivity index (χ2n) is 5.81. The molecule has 130 valence electrons. The summed E-state index contributed by atoms with van der Waals surface area (Å²) in [5.74, 6) is -0.787. The molecule has 0 aliphatic heterocycles. The summed E-state index contributed by atoms with van der Waals surface area (Å²) >= 11 is 0. The number of nitrogens with one attached hydrogen (secondary N) is 1. The van der Waals surface area contributed by atoms with Gasteiger partial charge in [0.2, 0.25) is 0 Å². The number of amides is 1. The van der Waals surface area contributed by atoms with E-state index in [0.29, 0.717) is 5.69 Å². The van der Waals surface area contributed by atoms with Crippen molar-refractivity contribution < 1.29 is 14.3 Å². The SMILES string of the molecule is O=C(COC(=O)Cc1ccccc1)Nc1ccc(-c2ccccc2)cc1. The van der Waals surface area contributed by atoms with Gasteiger partial charge in [-0.05, 0) is 28.8 Å². The van der Waals surface area contributed by atoms with E-state index in [1.807, 2.05) is 84.9 Å². The minimum absolute atomic E-state index is 0.153. The highest BCUT2D eigenvalue weighted by molar-refractivity contribution is 5.93. The molecule has 0 heterocycles. The molecule has 0 saturated heterocycles. The zero-order valence-electron chi connectivity index (χ0n) is 14.2. The van der Waals surface area contributed by atoms with Crippen molar-refractivity contribution in [3.8, 4) is 11.1 Å². The normalized spacial score (nSPS) is 10.2. The second kappa shape index (κ2) is 8.62. The van der Waals surface area contributed by atoms with Gasteiger partial charge in [0.15, 0.2) is 6.61 Å². The average Bonchev–Trinajstić information content (AvgIpc) is 2.68. The number of hydrogen-bond donors (Lipinski definition) is 1. The van der Waals surface area contributed by atoms with Crippen molar-refractivity contribution in [1.29, 1.82) is 0 Å². The van der Waals surface area contributed by atoms with Crippen molar-refractivity contribution >= 4 is 17.6 Å². The largest absolute Gasteiger partial charge is 0.455 e.